The monoisotopic (exact) mass is 381 g/mol. The highest BCUT2D eigenvalue weighted by Gasteiger charge is 2.33. The lowest BCUT2D eigenvalue weighted by Gasteiger charge is -2.27. The summed E-state index contributed by atoms with van der Waals surface area (Å²) in [5.74, 6) is -1.16. The van der Waals surface area contributed by atoms with E-state index in [9.17, 15) is 19.8 Å². The third kappa shape index (κ3) is 7.46. The normalized spacial score (nSPS) is 12.4. The molecule has 0 aliphatic rings. The lowest BCUT2D eigenvalue weighted by Crippen LogP contribution is -2.40. The van der Waals surface area contributed by atoms with Crippen molar-refractivity contribution in [2.45, 2.75) is 40.0 Å². The Morgan fingerprint density at radius 1 is 1.19 bits per heavy atom. The number of amides is 1. The molecule has 0 radical (unpaired) electrons. The quantitative estimate of drug-likeness (QED) is 0.309. The molecule has 1 aromatic carbocycles. The minimum Gasteiger partial charge on any atom is -0.504 e. The fourth-order valence-corrected chi connectivity index (χ4v) is 2.73. The summed E-state index contributed by atoms with van der Waals surface area (Å²) in [4.78, 5) is 24.7. The summed E-state index contributed by atoms with van der Waals surface area (Å²) in [6.45, 7) is 6.45. The van der Waals surface area contributed by atoms with E-state index in [2.05, 4.69) is 5.32 Å². The first-order valence-electron chi connectivity index (χ1n) is 9.16. The number of nitrogens with one attached hydrogen (secondary N) is 1. The summed E-state index contributed by atoms with van der Waals surface area (Å²) < 4.78 is 10.0. The van der Waals surface area contributed by atoms with Crippen molar-refractivity contribution in [3.63, 3.8) is 0 Å². The first kappa shape index (κ1) is 22.8. The second kappa shape index (κ2) is 10.8. The molecule has 0 aromatic heterocycles. The van der Waals surface area contributed by atoms with Crippen molar-refractivity contribution in [1.29, 1.82) is 0 Å². The van der Waals surface area contributed by atoms with Crippen molar-refractivity contribution in [3.05, 3.63) is 23.8 Å². The Balaban J connectivity index is 2.52. The minimum absolute atomic E-state index is 0.145. The van der Waals surface area contributed by atoms with E-state index in [1.807, 2.05) is 6.92 Å². The standard InChI is InChI=1S/C20H31NO6/c1-5-15(18(24)27-11-10-26-4)13-20(2,3)19(25)21-9-8-14-6-7-16(22)17(23)12-14/h6-7,12,15,22-23H,5,8-11,13H2,1-4H3,(H,21,25). The van der Waals surface area contributed by atoms with Gasteiger partial charge in [0, 0.05) is 19.1 Å². The average molecular weight is 381 g/mol. The third-order valence-corrected chi connectivity index (χ3v) is 4.47. The number of hydrogen-bond acceptors (Lipinski definition) is 6. The first-order valence-corrected chi connectivity index (χ1v) is 9.16. The van der Waals surface area contributed by atoms with Crippen LogP contribution in [-0.4, -0.2) is 49.0 Å². The van der Waals surface area contributed by atoms with Gasteiger partial charge in [0.1, 0.15) is 6.61 Å². The summed E-state index contributed by atoms with van der Waals surface area (Å²) in [7, 11) is 1.54. The van der Waals surface area contributed by atoms with Crippen LogP contribution >= 0.6 is 0 Å². The van der Waals surface area contributed by atoms with Gasteiger partial charge < -0.3 is 25.0 Å². The number of hydrogen-bond donors (Lipinski definition) is 3. The van der Waals surface area contributed by atoms with E-state index in [1.165, 1.54) is 19.2 Å². The number of ether oxygens (including phenoxy) is 2. The summed E-state index contributed by atoms with van der Waals surface area (Å²) in [6.07, 6.45) is 1.50. The smallest absolute Gasteiger partial charge is 0.309 e. The van der Waals surface area contributed by atoms with Crippen LogP contribution in [0.3, 0.4) is 0 Å². The fraction of sp³-hybridized carbons (Fsp3) is 0.600. The molecule has 0 spiro atoms. The molecule has 0 saturated heterocycles. The number of methoxy groups -OCH3 is 1. The molecule has 0 heterocycles. The molecular formula is C20H31NO6. The minimum atomic E-state index is -0.724. The maximum atomic E-state index is 12.5. The van der Waals surface area contributed by atoms with Gasteiger partial charge in [-0.05, 0) is 37.0 Å². The van der Waals surface area contributed by atoms with Gasteiger partial charge in [-0.25, -0.2) is 0 Å². The molecule has 1 aromatic rings. The number of carbonyl (C=O) groups is 2. The molecule has 0 aliphatic carbocycles. The van der Waals surface area contributed by atoms with E-state index in [4.69, 9.17) is 9.47 Å². The molecule has 1 atom stereocenters. The largest absolute Gasteiger partial charge is 0.504 e. The predicted octanol–water partition coefficient (Wildman–Crippen LogP) is 2.39. The average Bonchev–Trinajstić information content (AvgIpc) is 2.62. The molecule has 3 N–H and O–H groups in total. The van der Waals surface area contributed by atoms with Gasteiger partial charge >= 0.3 is 5.97 Å². The van der Waals surface area contributed by atoms with Crippen molar-refractivity contribution < 1.29 is 29.3 Å². The molecule has 1 rings (SSSR count). The Hall–Kier alpha value is -2.28. The summed E-state index contributed by atoms with van der Waals surface area (Å²) in [6, 6.07) is 4.57. The lowest BCUT2D eigenvalue weighted by molar-refractivity contribution is -0.151. The van der Waals surface area contributed by atoms with Crippen LogP contribution in [0.2, 0.25) is 0 Å². The molecule has 0 bridgehead atoms. The number of esters is 1. The van der Waals surface area contributed by atoms with Crippen molar-refractivity contribution in [2.24, 2.45) is 11.3 Å². The highest BCUT2D eigenvalue weighted by Crippen LogP contribution is 2.29. The van der Waals surface area contributed by atoms with E-state index in [0.29, 0.717) is 32.4 Å². The Labute approximate surface area is 160 Å². The molecule has 1 amide bonds. The molecule has 7 nitrogen and oxygen atoms in total. The Bertz CT molecular complexity index is 629. The second-order valence-electron chi connectivity index (χ2n) is 7.18. The number of phenols is 2. The lowest BCUT2D eigenvalue weighted by atomic mass is 9.81. The Kier molecular flexibility index (Phi) is 9.08. The second-order valence-corrected chi connectivity index (χ2v) is 7.18. The van der Waals surface area contributed by atoms with E-state index in [0.717, 1.165) is 5.56 Å². The van der Waals surface area contributed by atoms with Gasteiger partial charge in [0.2, 0.25) is 5.91 Å². The Morgan fingerprint density at radius 3 is 2.48 bits per heavy atom. The van der Waals surface area contributed by atoms with Crippen molar-refractivity contribution in [1.82, 2.24) is 5.32 Å². The van der Waals surface area contributed by atoms with E-state index in [-0.39, 0.29) is 35.9 Å². The molecule has 7 heteroatoms. The molecule has 0 fully saturated rings. The summed E-state index contributed by atoms with van der Waals surface area (Å²) >= 11 is 0. The molecular weight excluding hydrogens is 350 g/mol. The van der Waals surface area contributed by atoms with Crippen LogP contribution < -0.4 is 5.32 Å². The number of phenolic OH excluding ortho intramolecular Hbond substituents is 2. The predicted molar refractivity (Wildman–Crippen MR) is 101 cm³/mol. The van der Waals surface area contributed by atoms with Crippen LogP contribution in [-0.2, 0) is 25.5 Å². The van der Waals surface area contributed by atoms with Crippen molar-refractivity contribution in [2.75, 3.05) is 26.9 Å². The molecule has 27 heavy (non-hydrogen) atoms. The number of aromatic hydroxyl groups is 2. The molecule has 152 valence electrons. The van der Waals surface area contributed by atoms with Crippen LogP contribution in [0, 0.1) is 11.3 Å². The molecule has 1 unspecified atom stereocenters. The van der Waals surface area contributed by atoms with E-state index in [1.54, 1.807) is 19.9 Å². The van der Waals surface area contributed by atoms with Crippen LogP contribution in [0.4, 0.5) is 0 Å². The van der Waals surface area contributed by atoms with Gasteiger partial charge in [0.15, 0.2) is 11.5 Å². The molecule has 0 aliphatic heterocycles. The summed E-state index contributed by atoms with van der Waals surface area (Å²) in [5.41, 5.74) is 0.0782. The topological polar surface area (TPSA) is 105 Å². The fourth-order valence-electron chi connectivity index (χ4n) is 2.73. The number of carbonyl (C=O) groups excluding carboxylic acids is 2. The summed E-state index contributed by atoms with van der Waals surface area (Å²) in [5, 5.41) is 21.7. The molecule has 0 saturated carbocycles. The number of benzene rings is 1. The van der Waals surface area contributed by atoms with Gasteiger partial charge in [0.05, 0.1) is 12.5 Å². The van der Waals surface area contributed by atoms with Crippen molar-refractivity contribution in [3.8, 4) is 11.5 Å². The first-order chi connectivity index (χ1) is 12.7. The van der Waals surface area contributed by atoms with E-state index < -0.39 is 5.41 Å². The van der Waals surface area contributed by atoms with Crippen LogP contribution in [0.25, 0.3) is 0 Å². The van der Waals surface area contributed by atoms with Crippen LogP contribution in [0.1, 0.15) is 39.2 Å². The van der Waals surface area contributed by atoms with Crippen LogP contribution in [0.5, 0.6) is 11.5 Å². The highest BCUT2D eigenvalue weighted by atomic mass is 16.6. The van der Waals surface area contributed by atoms with Gasteiger partial charge in [-0.1, -0.05) is 26.8 Å². The number of rotatable bonds is 11. The van der Waals surface area contributed by atoms with E-state index >= 15 is 0 Å². The maximum absolute atomic E-state index is 12.5. The van der Waals surface area contributed by atoms with Gasteiger partial charge in [-0.15, -0.1) is 0 Å². The Morgan fingerprint density at radius 2 is 1.89 bits per heavy atom. The van der Waals surface area contributed by atoms with Gasteiger partial charge in [-0.2, -0.15) is 0 Å². The van der Waals surface area contributed by atoms with Crippen LogP contribution in [0.15, 0.2) is 18.2 Å². The van der Waals surface area contributed by atoms with Gasteiger partial charge in [0.25, 0.3) is 0 Å². The van der Waals surface area contributed by atoms with Gasteiger partial charge in [-0.3, -0.25) is 9.59 Å². The zero-order valence-electron chi connectivity index (χ0n) is 16.6. The SMILES string of the molecule is CCC(CC(C)(C)C(=O)NCCc1ccc(O)c(O)c1)C(=O)OCCOC. The van der Waals surface area contributed by atoms with Crippen molar-refractivity contribution >= 4 is 11.9 Å². The third-order valence-electron chi connectivity index (χ3n) is 4.47. The highest BCUT2D eigenvalue weighted by molar-refractivity contribution is 5.83. The zero-order valence-corrected chi connectivity index (χ0v) is 16.6. The maximum Gasteiger partial charge on any atom is 0.309 e. The zero-order chi connectivity index (χ0) is 20.4.